The van der Waals surface area contributed by atoms with Crippen LogP contribution < -0.4 is 15.4 Å². The number of nitrogens with zero attached hydrogens (tertiary/aromatic N) is 2. The Morgan fingerprint density at radius 2 is 2.19 bits per heavy atom. The van der Waals surface area contributed by atoms with Crippen LogP contribution in [0.15, 0.2) is 18.2 Å². The highest BCUT2D eigenvalue weighted by Gasteiger charge is 2.13. The van der Waals surface area contributed by atoms with Gasteiger partial charge in [-0.25, -0.2) is 9.18 Å². The van der Waals surface area contributed by atoms with E-state index in [0.29, 0.717) is 10.7 Å². The SMILES string of the molecule is COc1ccc(C(C)NC(=O)Nc2nnc(C)s2)cc1F. The van der Waals surface area contributed by atoms with Gasteiger partial charge in [0.15, 0.2) is 11.6 Å². The molecule has 2 rings (SSSR count). The lowest BCUT2D eigenvalue weighted by Gasteiger charge is -2.15. The van der Waals surface area contributed by atoms with Crippen LogP contribution in [0.3, 0.4) is 0 Å². The number of methoxy groups -OCH3 is 1. The largest absolute Gasteiger partial charge is 0.494 e. The molecule has 2 aromatic rings. The first kappa shape index (κ1) is 15.2. The summed E-state index contributed by atoms with van der Waals surface area (Å²) in [5.74, 6) is -0.302. The smallest absolute Gasteiger partial charge is 0.321 e. The molecule has 112 valence electrons. The maximum Gasteiger partial charge on any atom is 0.321 e. The molecule has 0 fully saturated rings. The number of amides is 2. The maximum atomic E-state index is 13.6. The Balaban J connectivity index is 1.98. The van der Waals surface area contributed by atoms with E-state index in [1.807, 2.05) is 0 Å². The summed E-state index contributed by atoms with van der Waals surface area (Å²) in [5.41, 5.74) is 0.636. The van der Waals surface area contributed by atoms with Gasteiger partial charge < -0.3 is 10.1 Å². The lowest BCUT2D eigenvalue weighted by atomic mass is 10.1. The minimum absolute atomic E-state index is 0.166. The van der Waals surface area contributed by atoms with Crippen molar-refractivity contribution in [1.29, 1.82) is 0 Å². The normalized spacial score (nSPS) is 11.8. The van der Waals surface area contributed by atoms with E-state index in [1.54, 1.807) is 19.9 Å². The van der Waals surface area contributed by atoms with Gasteiger partial charge in [0.25, 0.3) is 0 Å². The highest BCUT2D eigenvalue weighted by Crippen LogP contribution is 2.22. The highest BCUT2D eigenvalue weighted by atomic mass is 32.1. The van der Waals surface area contributed by atoms with Crippen molar-refractivity contribution in [2.45, 2.75) is 19.9 Å². The Bertz CT molecular complexity index is 647. The minimum atomic E-state index is -0.469. The van der Waals surface area contributed by atoms with Crippen LogP contribution in [-0.4, -0.2) is 23.3 Å². The summed E-state index contributed by atoms with van der Waals surface area (Å²) >= 11 is 1.28. The molecular weight excluding hydrogens is 295 g/mol. The van der Waals surface area contributed by atoms with Gasteiger partial charge in [-0.2, -0.15) is 0 Å². The summed E-state index contributed by atoms with van der Waals surface area (Å²) in [7, 11) is 1.40. The molecule has 0 saturated carbocycles. The standard InChI is InChI=1S/C13H15FN4O2S/c1-7(9-4-5-11(20-3)10(14)6-9)15-12(19)16-13-18-17-8(2)21-13/h4-7H,1-3H3,(H2,15,16,18,19). The molecule has 0 bridgehead atoms. The first-order valence-corrected chi connectivity index (χ1v) is 7.02. The van der Waals surface area contributed by atoms with E-state index in [2.05, 4.69) is 20.8 Å². The number of benzene rings is 1. The van der Waals surface area contributed by atoms with Gasteiger partial charge in [0.1, 0.15) is 5.01 Å². The molecule has 0 saturated heterocycles. The van der Waals surface area contributed by atoms with Gasteiger partial charge in [0.05, 0.1) is 13.2 Å². The van der Waals surface area contributed by atoms with E-state index in [4.69, 9.17) is 4.74 Å². The average molecular weight is 310 g/mol. The van der Waals surface area contributed by atoms with E-state index in [1.165, 1.54) is 30.6 Å². The number of carbonyl (C=O) groups excluding carboxylic acids is 1. The molecule has 0 aliphatic rings. The molecule has 2 amide bonds. The third-order valence-corrected chi connectivity index (χ3v) is 3.52. The molecule has 8 heteroatoms. The van der Waals surface area contributed by atoms with Crippen molar-refractivity contribution in [2.24, 2.45) is 0 Å². The Hall–Kier alpha value is -2.22. The third kappa shape index (κ3) is 3.88. The van der Waals surface area contributed by atoms with Crippen molar-refractivity contribution in [3.63, 3.8) is 0 Å². The second-order valence-corrected chi connectivity index (χ2v) is 5.52. The molecule has 1 heterocycles. The predicted molar refractivity (Wildman–Crippen MR) is 78.2 cm³/mol. The number of anilines is 1. The molecule has 0 aliphatic heterocycles. The molecular formula is C13H15FN4O2S. The van der Waals surface area contributed by atoms with Crippen LogP contribution in [0, 0.1) is 12.7 Å². The van der Waals surface area contributed by atoms with E-state index in [-0.39, 0.29) is 11.8 Å². The Kier molecular flexibility index (Phi) is 4.69. The average Bonchev–Trinajstić information content (AvgIpc) is 2.83. The lowest BCUT2D eigenvalue weighted by Crippen LogP contribution is -2.31. The summed E-state index contributed by atoms with van der Waals surface area (Å²) in [4.78, 5) is 11.8. The molecule has 0 aliphatic carbocycles. The van der Waals surface area contributed by atoms with Gasteiger partial charge in [-0.1, -0.05) is 17.4 Å². The number of urea groups is 1. The molecule has 1 aromatic heterocycles. The van der Waals surface area contributed by atoms with E-state index in [0.717, 1.165) is 5.01 Å². The van der Waals surface area contributed by atoms with Gasteiger partial charge in [-0.15, -0.1) is 10.2 Å². The fourth-order valence-corrected chi connectivity index (χ4v) is 2.30. The highest BCUT2D eigenvalue weighted by molar-refractivity contribution is 7.15. The minimum Gasteiger partial charge on any atom is -0.494 e. The van der Waals surface area contributed by atoms with E-state index < -0.39 is 11.8 Å². The number of carbonyl (C=O) groups is 1. The van der Waals surface area contributed by atoms with E-state index in [9.17, 15) is 9.18 Å². The van der Waals surface area contributed by atoms with Crippen LogP contribution in [-0.2, 0) is 0 Å². The second kappa shape index (κ2) is 6.49. The van der Waals surface area contributed by atoms with Crippen molar-refractivity contribution >= 4 is 22.5 Å². The zero-order chi connectivity index (χ0) is 15.4. The summed E-state index contributed by atoms with van der Waals surface area (Å²) in [6.45, 7) is 3.55. The van der Waals surface area contributed by atoms with Crippen LogP contribution in [0.1, 0.15) is 23.5 Å². The molecule has 1 atom stereocenters. The molecule has 6 nitrogen and oxygen atoms in total. The van der Waals surface area contributed by atoms with Crippen molar-refractivity contribution in [3.8, 4) is 5.75 Å². The summed E-state index contributed by atoms with van der Waals surface area (Å²) in [6.07, 6.45) is 0. The Morgan fingerprint density at radius 3 is 2.76 bits per heavy atom. The van der Waals surface area contributed by atoms with Crippen molar-refractivity contribution < 1.29 is 13.9 Å². The predicted octanol–water partition coefficient (Wildman–Crippen LogP) is 2.88. The number of hydrogen-bond acceptors (Lipinski definition) is 5. The molecule has 21 heavy (non-hydrogen) atoms. The van der Waals surface area contributed by atoms with Gasteiger partial charge in [-0.05, 0) is 31.5 Å². The van der Waals surface area contributed by atoms with Crippen molar-refractivity contribution in [3.05, 3.63) is 34.6 Å². The monoisotopic (exact) mass is 310 g/mol. The topological polar surface area (TPSA) is 76.1 Å². The fraction of sp³-hybridized carbons (Fsp3) is 0.308. The van der Waals surface area contributed by atoms with Crippen LogP contribution in [0.5, 0.6) is 5.75 Å². The number of ether oxygens (including phenoxy) is 1. The number of aryl methyl sites for hydroxylation is 1. The van der Waals surface area contributed by atoms with Gasteiger partial charge in [0.2, 0.25) is 5.13 Å². The lowest BCUT2D eigenvalue weighted by molar-refractivity contribution is 0.249. The number of rotatable bonds is 4. The van der Waals surface area contributed by atoms with E-state index >= 15 is 0 Å². The zero-order valence-corrected chi connectivity index (χ0v) is 12.6. The van der Waals surface area contributed by atoms with Gasteiger partial charge in [0, 0.05) is 0 Å². The first-order chi connectivity index (χ1) is 9.99. The zero-order valence-electron chi connectivity index (χ0n) is 11.8. The van der Waals surface area contributed by atoms with Gasteiger partial charge >= 0.3 is 6.03 Å². The third-order valence-electron chi connectivity index (χ3n) is 2.77. The number of hydrogen-bond donors (Lipinski definition) is 2. The van der Waals surface area contributed by atoms with Crippen molar-refractivity contribution in [1.82, 2.24) is 15.5 Å². The van der Waals surface area contributed by atoms with Crippen LogP contribution in [0.4, 0.5) is 14.3 Å². The number of halogens is 1. The van der Waals surface area contributed by atoms with Crippen LogP contribution >= 0.6 is 11.3 Å². The molecule has 1 unspecified atom stereocenters. The molecule has 1 aromatic carbocycles. The van der Waals surface area contributed by atoms with Crippen LogP contribution in [0.25, 0.3) is 0 Å². The second-order valence-electron chi connectivity index (χ2n) is 4.34. The van der Waals surface area contributed by atoms with Crippen molar-refractivity contribution in [2.75, 3.05) is 12.4 Å². The summed E-state index contributed by atoms with van der Waals surface area (Å²) in [6, 6.07) is 3.77. The maximum absolute atomic E-state index is 13.6. The fourth-order valence-electron chi connectivity index (χ4n) is 1.71. The van der Waals surface area contributed by atoms with Gasteiger partial charge in [-0.3, -0.25) is 5.32 Å². The quantitative estimate of drug-likeness (QED) is 0.910. The summed E-state index contributed by atoms with van der Waals surface area (Å²) < 4.78 is 18.5. The number of aromatic nitrogens is 2. The molecule has 0 spiro atoms. The summed E-state index contributed by atoms with van der Waals surface area (Å²) in [5, 5.41) is 14.0. The Labute approximate surface area is 125 Å². The van der Waals surface area contributed by atoms with Crippen LogP contribution in [0.2, 0.25) is 0 Å². The Morgan fingerprint density at radius 1 is 1.43 bits per heavy atom. The first-order valence-electron chi connectivity index (χ1n) is 6.20. The molecule has 2 N–H and O–H groups in total. The number of nitrogens with one attached hydrogen (secondary N) is 2. The molecule has 0 radical (unpaired) electrons.